The molecule has 1 rings (SSSR count). The fraction of sp³-hybridized carbons (Fsp3) is 0.429. The Hall–Kier alpha value is -1.91. The van der Waals surface area contributed by atoms with Gasteiger partial charge in [0, 0.05) is 13.1 Å². The van der Waals surface area contributed by atoms with Crippen molar-refractivity contribution in [3.63, 3.8) is 0 Å². The van der Waals surface area contributed by atoms with Gasteiger partial charge in [-0.05, 0) is 25.0 Å². The Bertz CT molecular complexity index is 469. The minimum Gasteiger partial charge on any atom is -0.366 e. The Morgan fingerprint density at radius 2 is 1.68 bits per heavy atom. The van der Waals surface area contributed by atoms with E-state index in [9.17, 15) is 14.0 Å². The molecule has 104 valence electrons. The van der Waals surface area contributed by atoms with Crippen LogP contribution in [0.2, 0.25) is 0 Å². The number of amides is 2. The molecule has 0 fully saturated rings. The summed E-state index contributed by atoms with van der Waals surface area (Å²) in [5.41, 5.74) is 4.72. The Labute approximate surface area is 112 Å². The molecule has 0 bridgehead atoms. The number of primary amides is 1. The minimum atomic E-state index is -0.871. The molecular weight excluding hydrogens is 247 g/mol. The van der Waals surface area contributed by atoms with Crippen molar-refractivity contribution in [3.05, 3.63) is 35.1 Å². The van der Waals surface area contributed by atoms with Crippen LogP contribution in [-0.2, 0) is 0 Å². The van der Waals surface area contributed by atoms with E-state index >= 15 is 0 Å². The zero-order valence-electron chi connectivity index (χ0n) is 11.3. The first-order chi connectivity index (χ1) is 9.02. The lowest BCUT2D eigenvalue weighted by Crippen LogP contribution is -2.33. The Morgan fingerprint density at radius 1 is 1.16 bits per heavy atom. The van der Waals surface area contributed by atoms with Gasteiger partial charge in [0.1, 0.15) is 5.82 Å². The molecule has 4 nitrogen and oxygen atoms in total. The van der Waals surface area contributed by atoms with Gasteiger partial charge in [0.15, 0.2) is 0 Å². The van der Waals surface area contributed by atoms with Gasteiger partial charge in [0.25, 0.3) is 11.8 Å². The highest BCUT2D eigenvalue weighted by Crippen LogP contribution is 2.15. The van der Waals surface area contributed by atoms with Crippen molar-refractivity contribution in [1.82, 2.24) is 4.90 Å². The van der Waals surface area contributed by atoms with Crippen molar-refractivity contribution < 1.29 is 14.0 Å². The Balaban J connectivity index is 3.10. The summed E-state index contributed by atoms with van der Waals surface area (Å²) >= 11 is 0. The van der Waals surface area contributed by atoms with E-state index in [0.29, 0.717) is 13.1 Å². The summed E-state index contributed by atoms with van der Waals surface area (Å²) in [6.07, 6.45) is 1.59. The van der Waals surface area contributed by atoms with Crippen molar-refractivity contribution in [1.29, 1.82) is 0 Å². The van der Waals surface area contributed by atoms with Crippen LogP contribution < -0.4 is 5.73 Å². The first-order valence-electron chi connectivity index (χ1n) is 6.40. The lowest BCUT2D eigenvalue weighted by Gasteiger charge is -2.22. The van der Waals surface area contributed by atoms with Gasteiger partial charge in [-0.15, -0.1) is 0 Å². The molecule has 0 aromatic heterocycles. The molecule has 0 saturated carbocycles. The quantitative estimate of drug-likeness (QED) is 0.857. The fourth-order valence-corrected chi connectivity index (χ4v) is 1.91. The van der Waals surface area contributed by atoms with E-state index in [0.717, 1.165) is 12.8 Å². The maximum Gasteiger partial charge on any atom is 0.256 e. The summed E-state index contributed by atoms with van der Waals surface area (Å²) < 4.78 is 14.1. The summed E-state index contributed by atoms with van der Waals surface area (Å²) in [5.74, 6) is -2.11. The second-order valence-corrected chi connectivity index (χ2v) is 4.32. The molecule has 1 aromatic rings. The third-order valence-corrected chi connectivity index (χ3v) is 2.77. The molecule has 0 atom stereocenters. The summed E-state index contributed by atoms with van der Waals surface area (Å²) in [6, 6.07) is 4.12. The van der Waals surface area contributed by atoms with E-state index in [1.54, 1.807) is 4.90 Å². The van der Waals surface area contributed by atoms with E-state index in [1.165, 1.54) is 18.2 Å². The highest BCUT2D eigenvalue weighted by Gasteiger charge is 2.21. The van der Waals surface area contributed by atoms with Crippen LogP contribution in [0.15, 0.2) is 18.2 Å². The second-order valence-electron chi connectivity index (χ2n) is 4.32. The number of hydrogen-bond acceptors (Lipinski definition) is 2. The number of carbonyl (C=O) groups is 2. The predicted molar refractivity (Wildman–Crippen MR) is 71.4 cm³/mol. The monoisotopic (exact) mass is 266 g/mol. The van der Waals surface area contributed by atoms with Crippen LogP contribution in [0.1, 0.15) is 47.4 Å². The first kappa shape index (κ1) is 15.1. The van der Waals surface area contributed by atoms with Gasteiger partial charge in [-0.1, -0.05) is 19.9 Å². The SMILES string of the molecule is CCCN(CCC)C(=O)c1cccc(C(N)=O)c1F. The molecule has 1 aromatic carbocycles. The largest absolute Gasteiger partial charge is 0.366 e. The second kappa shape index (κ2) is 6.87. The lowest BCUT2D eigenvalue weighted by molar-refractivity contribution is 0.0751. The predicted octanol–water partition coefficient (Wildman–Crippen LogP) is 2.19. The summed E-state index contributed by atoms with van der Waals surface area (Å²) in [5, 5.41) is 0. The lowest BCUT2D eigenvalue weighted by atomic mass is 10.1. The van der Waals surface area contributed by atoms with Crippen LogP contribution in [0.25, 0.3) is 0 Å². The number of hydrogen-bond donors (Lipinski definition) is 1. The standard InChI is InChI=1S/C14H19FN2O2/c1-3-8-17(9-4-2)14(19)11-7-5-6-10(12(11)15)13(16)18/h5-7H,3-4,8-9H2,1-2H3,(H2,16,18). The van der Waals surface area contributed by atoms with Crippen LogP contribution in [0.4, 0.5) is 4.39 Å². The van der Waals surface area contributed by atoms with Gasteiger partial charge >= 0.3 is 0 Å². The van der Waals surface area contributed by atoms with Gasteiger partial charge in [-0.3, -0.25) is 9.59 Å². The molecule has 0 aliphatic rings. The van der Waals surface area contributed by atoms with E-state index in [4.69, 9.17) is 5.73 Å². The topological polar surface area (TPSA) is 63.4 Å². The van der Waals surface area contributed by atoms with Gasteiger partial charge in [0.2, 0.25) is 0 Å². The number of nitrogens with zero attached hydrogens (tertiary/aromatic N) is 1. The molecule has 19 heavy (non-hydrogen) atoms. The molecule has 2 amide bonds. The highest BCUT2D eigenvalue weighted by molar-refractivity contribution is 5.99. The average Bonchev–Trinajstić information content (AvgIpc) is 2.37. The molecule has 2 N–H and O–H groups in total. The number of carbonyl (C=O) groups excluding carboxylic acids is 2. The first-order valence-corrected chi connectivity index (χ1v) is 6.40. The van der Waals surface area contributed by atoms with Gasteiger partial charge < -0.3 is 10.6 Å². The number of rotatable bonds is 6. The number of benzene rings is 1. The van der Waals surface area contributed by atoms with Crippen molar-refractivity contribution in [2.75, 3.05) is 13.1 Å². The molecule has 0 unspecified atom stereocenters. The van der Waals surface area contributed by atoms with Gasteiger partial charge in [0.05, 0.1) is 11.1 Å². The summed E-state index contributed by atoms with van der Waals surface area (Å²) in [7, 11) is 0. The number of halogens is 1. The molecular formula is C14H19FN2O2. The molecule has 0 spiro atoms. The summed E-state index contributed by atoms with van der Waals surface area (Å²) in [6.45, 7) is 5.03. The van der Waals surface area contributed by atoms with Crippen molar-refractivity contribution >= 4 is 11.8 Å². The normalized spacial score (nSPS) is 10.3. The molecule has 0 aliphatic carbocycles. The van der Waals surface area contributed by atoms with Crippen LogP contribution in [0, 0.1) is 5.82 Å². The maximum absolute atomic E-state index is 14.1. The van der Waals surface area contributed by atoms with Gasteiger partial charge in [-0.2, -0.15) is 0 Å². The Morgan fingerprint density at radius 3 is 2.16 bits per heavy atom. The zero-order valence-corrected chi connectivity index (χ0v) is 11.3. The Kier molecular flexibility index (Phi) is 5.48. The minimum absolute atomic E-state index is 0.0989. The molecule has 0 heterocycles. The van der Waals surface area contributed by atoms with Gasteiger partial charge in [-0.25, -0.2) is 4.39 Å². The van der Waals surface area contributed by atoms with Crippen molar-refractivity contribution in [2.45, 2.75) is 26.7 Å². The molecule has 0 aliphatic heterocycles. The van der Waals surface area contributed by atoms with E-state index in [-0.39, 0.29) is 11.1 Å². The third kappa shape index (κ3) is 3.53. The molecule has 0 radical (unpaired) electrons. The van der Waals surface area contributed by atoms with Crippen molar-refractivity contribution in [3.8, 4) is 0 Å². The van der Waals surface area contributed by atoms with Crippen LogP contribution in [-0.4, -0.2) is 29.8 Å². The third-order valence-electron chi connectivity index (χ3n) is 2.77. The molecule has 0 saturated heterocycles. The fourth-order valence-electron chi connectivity index (χ4n) is 1.91. The molecule has 5 heteroatoms. The van der Waals surface area contributed by atoms with Crippen LogP contribution >= 0.6 is 0 Å². The van der Waals surface area contributed by atoms with Crippen molar-refractivity contribution in [2.24, 2.45) is 5.73 Å². The van der Waals surface area contributed by atoms with Crippen LogP contribution in [0.5, 0.6) is 0 Å². The van der Waals surface area contributed by atoms with E-state index in [2.05, 4.69) is 0 Å². The highest BCUT2D eigenvalue weighted by atomic mass is 19.1. The smallest absolute Gasteiger partial charge is 0.256 e. The maximum atomic E-state index is 14.1. The van der Waals surface area contributed by atoms with Crippen LogP contribution in [0.3, 0.4) is 0 Å². The van der Waals surface area contributed by atoms with E-state index < -0.39 is 17.6 Å². The zero-order chi connectivity index (χ0) is 14.4. The number of nitrogens with two attached hydrogens (primary N) is 1. The van der Waals surface area contributed by atoms with E-state index in [1.807, 2.05) is 13.8 Å². The average molecular weight is 266 g/mol. The summed E-state index contributed by atoms with van der Waals surface area (Å²) in [4.78, 5) is 24.9.